The second-order valence-corrected chi connectivity index (χ2v) is 7.38. The van der Waals surface area contributed by atoms with Crippen molar-refractivity contribution < 1.29 is 9.47 Å². The number of anilines is 1. The van der Waals surface area contributed by atoms with Crippen LogP contribution in [0, 0.1) is 6.92 Å². The first kappa shape index (κ1) is 18.4. The number of aromatic nitrogens is 2. The Morgan fingerprint density at radius 2 is 2.12 bits per heavy atom. The van der Waals surface area contributed by atoms with Gasteiger partial charge < -0.3 is 14.4 Å². The van der Waals surface area contributed by atoms with Crippen molar-refractivity contribution in [3.8, 4) is 10.6 Å². The zero-order valence-corrected chi connectivity index (χ0v) is 15.8. The fourth-order valence-corrected chi connectivity index (χ4v) is 3.28. The second kappa shape index (κ2) is 7.77. The van der Waals surface area contributed by atoms with Crippen molar-refractivity contribution in [2.75, 3.05) is 25.2 Å². The van der Waals surface area contributed by atoms with Crippen molar-refractivity contribution in [1.82, 2.24) is 9.97 Å². The van der Waals surface area contributed by atoms with Crippen LogP contribution in [0.25, 0.3) is 10.6 Å². The standard InChI is InChI=1S/C18H25N3O2S/c1-13-17(24-16(20-13)15-8-7-9-19-12-15)21(10-11-22-6)14(2)23-18(3,4)5/h7-9,12H,2,10-11H2,1,3-6H3. The Hall–Kier alpha value is -1.92. The number of methoxy groups -OCH3 is 1. The van der Waals surface area contributed by atoms with E-state index in [1.54, 1.807) is 24.6 Å². The van der Waals surface area contributed by atoms with Crippen LogP contribution in [0.4, 0.5) is 5.00 Å². The minimum absolute atomic E-state index is 0.312. The Bertz CT molecular complexity index is 677. The zero-order valence-electron chi connectivity index (χ0n) is 15.0. The van der Waals surface area contributed by atoms with Gasteiger partial charge in [0.2, 0.25) is 0 Å². The molecule has 0 spiro atoms. The molecule has 0 aliphatic carbocycles. The molecule has 0 bridgehead atoms. The lowest BCUT2D eigenvalue weighted by Gasteiger charge is -2.30. The number of aryl methyl sites for hydroxylation is 1. The van der Waals surface area contributed by atoms with Crippen LogP contribution in [-0.2, 0) is 9.47 Å². The van der Waals surface area contributed by atoms with Crippen molar-refractivity contribution in [1.29, 1.82) is 0 Å². The highest BCUT2D eigenvalue weighted by Crippen LogP contribution is 2.36. The highest BCUT2D eigenvalue weighted by molar-refractivity contribution is 7.19. The van der Waals surface area contributed by atoms with Crippen molar-refractivity contribution in [3.63, 3.8) is 0 Å². The monoisotopic (exact) mass is 347 g/mol. The van der Waals surface area contributed by atoms with Crippen LogP contribution < -0.4 is 4.90 Å². The maximum Gasteiger partial charge on any atom is 0.187 e. The van der Waals surface area contributed by atoms with Crippen LogP contribution in [0.2, 0.25) is 0 Å². The molecule has 0 aliphatic rings. The summed E-state index contributed by atoms with van der Waals surface area (Å²) < 4.78 is 11.2. The molecule has 0 fully saturated rings. The van der Waals surface area contributed by atoms with Crippen LogP contribution >= 0.6 is 11.3 Å². The largest absolute Gasteiger partial charge is 0.474 e. The average molecular weight is 347 g/mol. The van der Waals surface area contributed by atoms with Crippen LogP contribution in [-0.4, -0.2) is 35.8 Å². The maximum atomic E-state index is 5.96. The van der Waals surface area contributed by atoms with E-state index in [2.05, 4.69) is 16.5 Å². The topological polar surface area (TPSA) is 47.5 Å². The molecule has 2 aromatic rings. The molecule has 2 heterocycles. The zero-order chi connectivity index (χ0) is 17.7. The van der Waals surface area contributed by atoms with Crippen LogP contribution in [0.15, 0.2) is 37.0 Å². The van der Waals surface area contributed by atoms with Gasteiger partial charge in [0.1, 0.15) is 15.6 Å². The molecule has 0 N–H and O–H groups in total. The summed E-state index contributed by atoms with van der Waals surface area (Å²) in [7, 11) is 1.69. The summed E-state index contributed by atoms with van der Waals surface area (Å²) in [5, 5.41) is 1.95. The summed E-state index contributed by atoms with van der Waals surface area (Å²) in [5.74, 6) is 0.601. The molecule has 5 nitrogen and oxygen atoms in total. The summed E-state index contributed by atoms with van der Waals surface area (Å²) in [6.07, 6.45) is 3.58. The third-order valence-electron chi connectivity index (χ3n) is 3.17. The molecule has 0 saturated carbocycles. The summed E-state index contributed by atoms with van der Waals surface area (Å²) in [5.41, 5.74) is 1.63. The predicted octanol–water partition coefficient (Wildman–Crippen LogP) is 4.25. The molecule has 24 heavy (non-hydrogen) atoms. The van der Waals surface area contributed by atoms with Crippen LogP contribution in [0.1, 0.15) is 26.5 Å². The molecule has 0 aromatic carbocycles. The van der Waals surface area contributed by atoms with Gasteiger partial charge in [-0.25, -0.2) is 4.98 Å². The van der Waals surface area contributed by atoms with Gasteiger partial charge in [-0.15, -0.1) is 0 Å². The number of hydrogen-bond donors (Lipinski definition) is 0. The predicted molar refractivity (Wildman–Crippen MR) is 99.3 cm³/mol. The van der Waals surface area contributed by atoms with E-state index in [1.807, 2.05) is 50.9 Å². The summed E-state index contributed by atoms with van der Waals surface area (Å²) >= 11 is 1.60. The first-order valence-electron chi connectivity index (χ1n) is 7.84. The smallest absolute Gasteiger partial charge is 0.187 e. The SMILES string of the molecule is C=C(OC(C)(C)C)N(CCOC)c1sc(-c2cccnc2)nc1C. The molecule has 0 unspecified atom stereocenters. The third kappa shape index (κ3) is 4.79. The lowest BCUT2D eigenvalue weighted by Crippen LogP contribution is -2.31. The van der Waals surface area contributed by atoms with Gasteiger partial charge in [0.25, 0.3) is 0 Å². The van der Waals surface area contributed by atoms with E-state index in [1.165, 1.54) is 0 Å². The Morgan fingerprint density at radius 3 is 2.71 bits per heavy atom. The molecular formula is C18H25N3O2S. The number of rotatable bonds is 7. The molecule has 0 aliphatic heterocycles. The normalized spacial score (nSPS) is 11.4. The summed E-state index contributed by atoms with van der Waals surface area (Å²) in [6.45, 7) is 13.4. The van der Waals surface area contributed by atoms with E-state index in [-0.39, 0.29) is 5.60 Å². The first-order chi connectivity index (χ1) is 11.3. The van der Waals surface area contributed by atoms with Crippen molar-refractivity contribution in [2.45, 2.75) is 33.3 Å². The van der Waals surface area contributed by atoms with E-state index in [9.17, 15) is 0 Å². The van der Waals surface area contributed by atoms with E-state index in [0.717, 1.165) is 21.3 Å². The third-order valence-corrected chi connectivity index (χ3v) is 4.40. The highest BCUT2D eigenvalue weighted by Gasteiger charge is 2.22. The lowest BCUT2D eigenvalue weighted by atomic mass is 10.2. The molecule has 6 heteroatoms. The molecule has 0 saturated heterocycles. The van der Waals surface area contributed by atoms with Gasteiger partial charge in [-0.3, -0.25) is 4.98 Å². The Balaban J connectivity index is 2.32. The molecule has 0 amide bonds. The quantitative estimate of drug-likeness (QED) is 0.701. The molecular weight excluding hydrogens is 322 g/mol. The van der Waals surface area contributed by atoms with Gasteiger partial charge in [0.05, 0.1) is 18.8 Å². The van der Waals surface area contributed by atoms with Gasteiger partial charge in [0.15, 0.2) is 5.88 Å². The number of thiazole rings is 1. The Morgan fingerprint density at radius 1 is 1.38 bits per heavy atom. The highest BCUT2D eigenvalue weighted by atomic mass is 32.1. The van der Waals surface area contributed by atoms with Gasteiger partial charge >= 0.3 is 0 Å². The fraction of sp³-hybridized carbons (Fsp3) is 0.444. The Kier molecular flexibility index (Phi) is 5.96. The van der Waals surface area contributed by atoms with Gasteiger partial charge in [-0.2, -0.15) is 0 Å². The maximum absolute atomic E-state index is 5.96. The first-order valence-corrected chi connectivity index (χ1v) is 8.65. The van der Waals surface area contributed by atoms with E-state index in [4.69, 9.17) is 9.47 Å². The number of pyridine rings is 1. The van der Waals surface area contributed by atoms with Crippen LogP contribution in [0.5, 0.6) is 0 Å². The van der Waals surface area contributed by atoms with Gasteiger partial charge in [-0.1, -0.05) is 11.3 Å². The summed E-state index contributed by atoms with van der Waals surface area (Å²) in [4.78, 5) is 10.9. The van der Waals surface area contributed by atoms with Gasteiger partial charge in [-0.05, 0) is 46.4 Å². The number of nitrogens with zero attached hydrogens (tertiary/aromatic N) is 3. The molecule has 0 radical (unpaired) electrons. The molecule has 2 aromatic heterocycles. The lowest BCUT2D eigenvalue weighted by molar-refractivity contribution is 0.0477. The molecule has 130 valence electrons. The van der Waals surface area contributed by atoms with Crippen molar-refractivity contribution in [3.05, 3.63) is 42.7 Å². The fourth-order valence-electron chi connectivity index (χ4n) is 2.18. The second-order valence-electron chi connectivity index (χ2n) is 6.40. The molecule has 2 rings (SSSR count). The Labute approximate surface area is 148 Å². The van der Waals surface area contributed by atoms with Gasteiger partial charge in [0, 0.05) is 25.1 Å². The number of hydrogen-bond acceptors (Lipinski definition) is 6. The van der Waals surface area contributed by atoms with Crippen LogP contribution in [0.3, 0.4) is 0 Å². The van der Waals surface area contributed by atoms with E-state index < -0.39 is 0 Å². The van der Waals surface area contributed by atoms with Crippen molar-refractivity contribution in [2.24, 2.45) is 0 Å². The number of ether oxygens (including phenoxy) is 2. The van der Waals surface area contributed by atoms with E-state index >= 15 is 0 Å². The van der Waals surface area contributed by atoms with Crippen molar-refractivity contribution >= 4 is 16.3 Å². The molecule has 0 atom stereocenters. The summed E-state index contributed by atoms with van der Waals surface area (Å²) in [6, 6.07) is 3.92. The minimum Gasteiger partial charge on any atom is -0.474 e. The minimum atomic E-state index is -0.312. The van der Waals surface area contributed by atoms with E-state index in [0.29, 0.717) is 19.0 Å². The average Bonchev–Trinajstić information content (AvgIpc) is 2.89.